The molecule has 0 aromatic rings. The van der Waals surface area contributed by atoms with E-state index in [0.29, 0.717) is 0 Å². The fourth-order valence-electron chi connectivity index (χ4n) is 0.957. The molecule has 0 atom stereocenters. The number of hydrogen-bond donors (Lipinski definition) is 0. The van der Waals surface area contributed by atoms with Crippen LogP contribution >= 0.6 is 0 Å². The normalized spacial score (nSPS) is 16.0. The summed E-state index contributed by atoms with van der Waals surface area (Å²) >= 11 is 0. The lowest BCUT2D eigenvalue weighted by molar-refractivity contribution is 0.652. The average molecular weight is 148 g/mol. The molecule has 0 aromatic carbocycles. The SMILES string of the molecule is C1#CCCCCCC1.F.F. The van der Waals surface area contributed by atoms with Gasteiger partial charge in [-0.1, -0.05) is 12.8 Å². The van der Waals surface area contributed by atoms with Crippen molar-refractivity contribution in [3.05, 3.63) is 0 Å². The van der Waals surface area contributed by atoms with Crippen LogP contribution in [-0.4, -0.2) is 0 Å². The van der Waals surface area contributed by atoms with Gasteiger partial charge in [0, 0.05) is 12.8 Å². The summed E-state index contributed by atoms with van der Waals surface area (Å²) in [4.78, 5) is 0. The van der Waals surface area contributed by atoms with Crippen molar-refractivity contribution in [2.45, 2.75) is 38.5 Å². The second kappa shape index (κ2) is 8.42. The summed E-state index contributed by atoms with van der Waals surface area (Å²) in [5.41, 5.74) is 0. The van der Waals surface area contributed by atoms with Gasteiger partial charge in [-0.2, -0.15) is 0 Å². The van der Waals surface area contributed by atoms with Crippen LogP contribution in [0.5, 0.6) is 0 Å². The van der Waals surface area contributed by atoms with Gasteiger partial charge in [-0.15, -0.1) is 11.8 Å². The Balaban J connectivity index is 0. The van der Waals surface area contributed by atoms with Crippen molar-refractivity contribution in [3.8, 4) is 11.8 Å². The van der Waals surface area contributed by atoms with Gasteiger partial charge in [0.2, 0.25) is 0 Å². The second-order valence-electron chi connectivity index (χ2n) is 2.27. The molecule has 0 N–H and O–H groups in total. The van der Waals surface area contributed by atoms with E-state index in [4.69, 9.17) is 0 Å². The molecule has 0 bridgehead atoms. The molecular formula is C8H14F2. The van der Waals surface area contributed by atoms with Crippen molar-refractivity contribution in [2.24, 2.45) is 0 Å². The van der Waals surface area contributed by atoms with Crippen LogP contribution in [0.25, 0.3) is 0 Å². The quantitative estimate of drug-likeness (QED) is 0.463. The molecule has 10 heavy (non-hydrogen) atoms. The van der Waals surface area contributed by atoms with Crippen LogP contribution in [0.15, 0.2) is 0 Å². The molecule has 0 saturated heterocycles. The third-order valence-electron chi connectivity index (χ3n) is 1.48. The van der Waals surface area contributed by atoms with Crippen LogP contribution in [0, 0.1) is 11.8 Å². The van der Waals surface area contributed by atoms with Crippen molar-refractivity contribution in [2.75, 3.05) is 0 Å². The fourth-order valence-corrected chi connectivity index (χ4v) is 0.957. The first-order valence-electron chi connectivity index (χ1n) is 3.46. The zero-order chi connectivity index (χ0) is 5.66. The molecule has 1 aliphatic rings. The zero-order valence-electron chi connectivity index (χ0n) is 6.06. The Hall–Kier alpha value is -0.580. The van der Waals surface area contributed by atoms with E-state index in [-0.39, 0.29) is 9.41 Å². The summed E-state index contributed by atoms with van der Waals surface area (Å²) in [6.45, 7) is 0. The molecule has 0 radical (unpaired) electrons. The van der Waals surface area contributed by atoms with Gasteiger partial charge in [0.25, 0.3) is 0 Å². The summed E-state index contributed by atoms with van der Waals surface area (Å²) in [6.07, 6.45) is 7.73. The topological polar surface area (TPSA) is 0 Å². The van der Waals surface area contributed by atoms with Crippen molar-refractivity contribution < 1.29 is 9.41 Å². The van der Waals surface area contributed by atoms with E-state index in [1.54, 1.807) is 0 Å². The Morgan fingerprint density at radius 3 is 1.40 bits per heavy atom. The first-order valence-corrected chi connectivity index (χ1v) is 3.46. The van der Waals surface area contributed by atoms with Gasteiger partial charge in [-0.3, -0.25) is 9.41 Å². The molecule has 0 heterocycles. The van der Waals surface area contributed by atoms with Gasteiger partial charge in [0.05, 0.1) is 0 Å². The van der Waals surface area contributed by atoms with E-state index in [0.717, 1.165) is 12.8 Å². The number of rotatable bonds is 0. The van der Waals surface area contributed by atoms with Gasteiger partial charge < -0.3 is 0 Å². The first-order chi connectivity index (χ1) is 4.00. The van der Waals surface area contributed by atoms with Gasteiger partial charge in [-0.25, -0.2) is 0 Å². The Morgan fingerprint density at radius 1 is 0.600 bits per heavy atom. The smallest absolute Gasteiger partial charge is 0.00886 e. The highest BCUT2D eigenvalue weighted by Gasteiger charge is 1.89. The lowest BCUT2D eigenvalue weighted by Crippen LogP contribution is -1.80. The van der Waals surface area contributed by atoms with Crippen molar-refractivity contribution >= 4 is 0 Å². The molecule has 60 valence electrons. The summed E-state index contributed by atoms with van der Waals surface area (Å²) in [5, 5.41) is 0. The Labute approximate surface area is 60.7 Å². The molecule has 2 heteroatoms. The number of hydrogen-bond acceptors (Lipinski definition) is 0. The monoisotopic (exact) mass is 148 g/mol. The fraction of sp³-hybridized carbons (Fsp3) is 0.750. The molecule has 0 aromatic heterocycles. The van der Waals surface area contributed by atoms with Crippen LogP contribution in [0.3, 0.4) is 0 Å². The van der Waals surface area contributed by atoms with Crippen molar-refractivity contribution in [1.82, 2.24) is 0 Å². The standard InChI is InChI=1S/C8H12.2FH/c1-2-4-6-8-7-5-3-1;;/h1-6H2;2*1H. The highest BCUT2D eigenvalue weighted by Crippen LogP contribution is 2.06. The van der Waals surface area contributed by atoms with Crippen LogP contribution in [0.1, 0.15) is 38.5 Å². The highest BCUT2D eigenvalue weighted by atomic mass is 19.0. The van der Waals surface area contributed by atoms with Crippen LogP contribution in [-0.2, 0) is 0 Å². The minimum absolute atomic E-state index is 0. The maximum Gasteiger partial charge on any atom is 0.00886 e. The van der Waals surface area contributed by atoms with E-state index in [1.807, 2.05) is 0 Å². The Bertz CT molecular complexity index is 98.2. The molecule has 1 rings (SSSR count). The van der Waals surface area contributed by atoms with Gasteiger partial charge in [0.1, 0.15) is 0 Å². The van der Waals surface area contributed by atoms with E-state index >= 15 is 0 Å². The van der Waals surface area contributed by atoms with Gasteiger partial charge in [-0.05, 0) is 12.8 Å². The maximum absolute atomic E-state index is 3.14. The van der Waals surface area contributed by atoms with Crippen molar-refractivity contribution in [1.29, 1.82) is 0 Å². The Morgan fingerprint density at radius 2 is 1.00 bits per heavy atom. The molecular weight excluding hydrogens is 134 g/mol. The number of halogens is 2. The summed E-state index contributed by atoms with van der Waals surface area (Å²) in [5.74, 6) is 6.27. The van der Waals surface area contributed by atoms with Gasteiger partial charge >= 0.3 is 0 Å². The van der Waals surface area contributed by atoms with Crippen LogP contribution in [0.2, 0.25) is 0 Å². The predicted molar refractivity (Wildman–Crippen MR) is 40.5 cm³/mol. The Kier molecular flexibility index (Phi) is 10.2. The highest BCUT2D eigenvalue weighted by molar-refractivity contribution is 4.99. The molecule has 0 saturated carbocycles. The predicted octanol–water partition coefficient (Wildman–Crippen LogP) is 2.65. The van der Waals surface area contributed by atoms with E-state index in [2.05, 4.69) is 11.8 Å². The summed E-state index contributed by atoms with van der Waals surface area (Å²) in [6, 6.07) is 0. The third-order valence-corrected chi connectivity index (χ3v) is 1.48. The molecule has 0 spiro atoms. The molecule has 0 fully saturated rings. The summed E-state index contributed by atoms with van der Waals surface area (Å²) in [7, 11) is 0. The van der Waals surface area contributed by atoms with E-state index < -0.39 is 0 Å². The molecule has 1 aliphatic carbocycles. The van der Waals surface area contributed by atoms with E-state index in [1.165, 1.54) is 25.7 Å². The minimum atomic E-state index is 0. The minimum Gasteiger partial charge on any atom is -0.269 e. The molecule has 0 nitrogen and oxygen atoms in total. The van der Waals surface area contributed by atoms with Gasteiger partial charge in [0.15, 0.2) is 0 Å². The lowest BCUT2D eigenvalue weighted by Gasteiger charge is -1.97. The third kappa shape index (κ3) is 5.55. The molecule has 0 amide bonds. The molecule has 0 aliphatic heterocycles. The van der Waals surface area contributed by atoms with Crippen molar-refractivity contribution in [3.63, 3.8) is 0 Å². The average Bonchev–Trinajstić information content (AvgIpc) is 1.62. The van der Waals surface area contributed by atoms with Crippen LogP contribution in [0.4, 0.5) is 9.41 Å². The lowest BCUT2D eigenvalue weighted by atomic mass is 10.1. The largest absolute Gasteiger partial charge is 0.269 e. The van der Waals surface area contributed by atoms with Crippen LogP contribution < -0.4 is 0 Å². The zero-order valence-corrected chi connectivity index (χ0v) is 6.06. The second-order valence-corrected chi connectivity index (χ2v) is 2.27. The summed E-state index contributed by atoms with van der Waals surface area (Å²) < 4.78 is 0. The molecule has 0 unspecified atom stereocenters. The first kappa shape index (κ1) is 12.1. The van der Waals surface area contributed by atoms with E-state index in [9.17, 15) is 0 Å². The maximum atomic E-state index is 3.14.